The van der Waals surface area contributed by atoms with E-state index in [1.54, 1.807) is 0 Å². The van der Waals surface area contributed by atoms with Gasteiger partial charge >= 0.3 is 0 Å². The third-order valence-electron chi connectivity index (χ3n) is 4.74. The SMILES string of the molecule is Cc1ccc(NC2CCOC3(CCCCC3)C2)c(Br)c1. The zero-order chi connectivity index (χ0) is 14.0. The Kier molecular flexibility index (Phi) is 4.37. The fraction of sp³-hybridized carbons (Fsp3) is 0.647. The number of hydrogen-bond acceptors (Lipinski definition) is 2. The summed E-state index contributed by atoms with van der Waals surface area (Å²) in [4.78, 5) is 0. The summed E-state index contributed by atoms with van der Waals surface area (Å²) in [5.74, 6) is 0. The van der Waals surface area contributed by atoms with E-state index in [-0.39, 0.29) is 5.60 Å². The summed E-state index contributed by atoms with van der Waals surface area (Å²) in [5, 5.41) is 3.72. The predicted octanol–water partition coefficient (Wildman–Crippen LogP) is 5.05. The fourth-order valence-corrected chi connectivity index (χ4v) is 4.26. The molecule has 2 nitrogen and oxygen atoms in total. The summed E-state index contributed by atoms with van der Waals surface area (Å²) in [5.41, 5.74) is 2.68. The summed E-state index contributed by atoms with van der Waals surface area (Å²) in [6.07, 6.45) is 8.82. The minimum Gasteiger partial charge on any atom is -0.381 e. The van der Waals surface area contributed by atoms with Gasteiger partial charge in [-0.15, -0.1) is 0 Å². The van der Waals surface area contributed by atoms with Crippen LogP contribution in [0, 0.1) is 6.92 Å². The number of anilines is 1. The Balaban J connectivity index is 1.68. The minimum atomic E-state index is 0.172. The van der Waals surface area contributed by atoms with E-state index >= 15 is 0 Å². The van der Waals surface area contributed by atoms with Gasteiger partial charge in [-0.3, -0.25) is 0 Å². The molecule has 2 fully saturated rings. The Morgan fingerprint density at radius 2 is 2.05 bits per heavy atom. The molecule has 1 aliphatic heterocycles. The van der Waals surface area contributed by atoms with Crippen molar-refractivity contribution in [2.24, 2.45) is 0 Å². The van der Waals surface area contributed by atoms with Crippen molar-refractivity contribution >= 4 is 21.6 Å². The van der Waals surface area contributed by atoms with E-state index < -0.39 is 0 Å². The van der Waals surface area contributed by atoms with Crippen LogP contribution in [0.2, 0.25) is 0 Å². The van der Waals surface area contributed by atoms with Gasteiger partial charge in [0.15, 0.2) is 0 Å². The second-order valence-corrected chi connectivity index (χ2v) is 7.26. The molecule has 0 aromatic heterocycles. The van der Waals surface area contributed by atoms with E-state index in [2.05, 4.69) is 46.4 Å². The number of nitrogens with one attached hydrogen (secondary N) is 1. The highest BCUT2D eigenvalue weighted by Crippen LogP contribution is 2.39. The molecular formula is C17H24BrNO. The van der Waals surface area contributed by atoms with Gasteiger partial charge in [0, 0.05) is 22.8 Å². The lowest BCUT2D eigenvalue weighted by molar-refractivity contribution is -0.103. The van der Waals surface area contributed by atoms with Gasteiger partial charge in [0.1, 0.15) is 0 Å². The molecule has 2 aliphatic rings. The number of halogens is 1. The number of aryl methyl sites for hydroxylation is 1. The zero-order valence-electron chi connectivity index (χ0n) is 12.3. The lowest BCUT2D eigenvalue weighted by Crippen LogP contribution is -2.45. The smallest absolute Gasteiger partial charge is 0.0702 e. The Labute approximate surface area is 130 Å². The van der Waals surface area contributed by atoms with Gasteiger partial charge in [-0.2, -0.15) is 0 Å². The molecule has 3 rings (SSSR count). The molecule has 1 aromatic rings. The highest BCUT2D eigenvalue weighted by Gasteiger charge is 2.38. The molecule has 1 aromatic carbocycles. The van der Waals surface area contributed by atoms with E-state index in [9.17, 15) is 0 Å². The van der Waals surface area contributed by atoms with E-state index in [0.29, 0.717) is 6.04 Å². The molecule has 20 heavy (non-hydrogen) atoms. The number of ether oxygens (including phenoxy) is 1. The van der Waals surface area contributed by atoms with Crippen LogP contribution >= 0.6 is 15.9 Å². The van der Waals surface area contributed by atoms with Crippen molar-refractivity contribution in [1.82, 2.24) is 0 Å². The largest absolute Gasteiger partial charge is 0.381 e. The first-order valence-electron chi connectivity index (χ1n) is 7.84. The lowest BCUT2D eigenvalue weighted by Gasteiger charge is -2.44. The second-order valence-electron chi connectivity index (χ2n) is 6.41. The van der Waals surface area contributed by atoms with Crippen LogP contribution in [0.3, 0.4) is 0 Å². The van der Waals surface area contributed by atoms with Crippen LogP contribution < -0.4 is 5.32 Å². The average Bonchev–Trinajstić information content (AvgIpc) is 2.43. The average molecular weight is 338 g/mol. The van der Waals surface area contributed by atoms with Crippen molar-refractivity contribution in [3.8, 4) is 0 Å². The van der Waals surface area contributed by atoms with Gasteiger partial charge in [-0.1, -0.05) is 25.3 Å². The molecule has 1 spiro atoms. The molecule has 1 saturated heterocycles. The van der Waals surface area contributed by atoms with Crippen LogP contribution in [0.4, 0.5) is 5.69 Å². The Morgan fingerprint density at radius 1 is 1.25 bits per heavy atom. The van der Waals surface area contributed by atoms with Gasteiger partial charge in [-0.25, -0.2) is 0 Å². The van der Waals surface area contributed by atoms with Crippen molar-refractivity contribution in [2.75, 3.05) is 11.9 Å². The molecule has 1 heterocycles. The molecule has 1 atom stereocenters. The quantitative estimate of drug-likeness (QED) is 0.815. The van der Waals surface area contributed by atoms with Crippen molar-refractivity contribution in [3.05, 3.63) is 28.2 Å². The Hall–Kier alpha value is -0.540. The van der Waals surface area contributed by atoms with Crippen molar-refractivity contribution < 1.29 is 4.74 Å². The second kappa shape index (κ2) is 6.07. The molecule has 1 saturated carbocycles. The van der Waals surface area contributed by atoms with Crippen LogP contribution in [-0.2, 0) is 4.74 Å². The van der Waals surface area contributed by atoms with Gasteiger partial charge in [0.25, 0.3) is 0 Å². The summed E-state index contributed by atoms with van der Waals surface area (Å²) >= 11 is 3.67. The summed E-state index contributed by atoms with van der Waals surface area (Å²) in [7, 11) is 0. The van der Waals surface area contributed by atoms with Gasteiger partial charge in [0.2, 0.25) is 0 Å². The van der Waals surface area contributed by atoms with E-state index in [4.69, 9.17) is 4.74 Å². The van der Waals surface area contributed by atoms with Crippen LogP contribution in [-0.4, -0.2) is 18.2 Å². The normalized spacial score (nSPS) is 25.6. The maximum atomic E-state index is 6.17. The number of benzene rings is 1. The molecule has 0 radical (unpaired) electrons. The first-order valence-corrected chi connectivity index (χ1v) is 8.63. The lowest BCUT2D eigenvalue weighted by atomic mass is 9.78. The van der Waals surface area contributed by atoms with Crippen LogP contribution in [0.25, 0.3) is 0 Å². The van der Waals surface area contributed by atoms with E-state index in [0.717, 1.165) is 19.4 Å². The van der Waals surface area contributed by atoms with Crippen LogP contribution in [0.5, 0.6) is 0 Å². The highest BCUT2D eigenvalue weighted by molar-refractivity contribution is 9.10. The maximum Gasteiger partial charge on any atom is 0.0702 e. The van der Waals surface area contributed by atoms with Crippen LogP contribution in [0.1, 0.15) is 50.5 Å². The highest BCUT2D eigenvalue weighted by atomic mass is 79.9. The Bertz CT molecular complexity index is 463. The molecule has 3 heteroatoms. The monoisotopic (exact) mass is 337 g/mol. The number of rotatable bonds is 2. The Morgan fingerprint density at radius 3 is 2.80 bits per heavy atom. The van der Waals surface area contributed by atoms with Gasteiger partial charge < -0.3 is 10.1 Å². The molecule has 1 N–H and O–H groups in total. The fourth-order valence-electron chi connectivity index (χ4n) is 3.65. The first kappa shape index (κ1) is 14.4. The third kappa shape index (κ3) is 3.20. The molecule has 0 bridgehead atoms. The molecule has 1 aliphatic carbocycles. The van der Waals surface area contributed by atoms with Crippen LogP contribution in [0.15, 0.2) is 22.7 Å². The minimum absolute atomic E-state index is 0.172. The summed E-state index contributed by atoms with van der Waals surface area (Å²) in [6.45, 7) is 3.03. The maximum absolute atomic E-state index is 6.17. The van der Waals surface area contributed by atoms with E-state index in [1.807, 2.05) is 0 Å². The molecule has 110 valence electrons. The molecule has 0 amide bonds. The van der Waals surface area contributed by atoms with Crippen molar-refractivity contribution in [3.63, 3.8) is 0 Å². The predicted molar refractivity (Wildman–Crippen MR) is 87.3 cm³/mol. The zero-order valence-corrected chi connectivity index (χ0v) is 13.8. The van der Waals surface area contributed by atoms with Crippen molar-refractivity contribution in [2.45, 2.75) is 63.5 Å². The molecule has 1 unspecified atom stereocenters. The summed E-state index contributed by atoms with van der Waals surface area (Å²) in [6, 6.07) is 7.07. The standard InChI is InChI=1S/C17H24BrNO/c1-13-5-6-16(15(18)11-13)19-14-7-10-20-17(12-14)8-3-2-4-9-17/h5-6,11,14,19H,2-4,7-10,12H2,1H3. The van der Waals surface area contributed by atoms with Crippen molar-refractivity contribution in [1.29, 1.82) is 0 Å². The summed E-state index contributed by atoms with van der Waals surface area (Å²) < 4.78 is 7.34. The van der Waals surface area contributed by atoms with E-state index in [1.165, 1.54) is 47.8 Å². The third-order valence-corrected chi connectivity index (χ3v) is 5.40. The molecular weight excluding hydrogens is 314 g/mol. The van der Waals surface area contributed by atoms with Gasteiger partial charge in [0.05, 0.1) is 5.60 Å². The first-order chi connectivity index (χ1) is 9.67. The van der Waals surface area contributed by atoms with Gasteiger partial charge in [-0.05, 0) is 66.2 Å². The topological polar surface area (TPSA) is 21.3 Å². The number of hydrogen-bond donors (Lipinski definition) is 1.